The first kappa shape index (κ1) is 11.3. The fourth-order valence-electron chi connectivity index (χ4n) is 2.01. The summed E-state index contributed by atoms with van der Waals surface area (Å²) in [5.74, 6) is 2.28. The molecule has 0 unspecified atom stereocenters. The lowest BCUT2D eigenvalue weighted by molar-refractivity contribution is 0.211. The molecule has 1 aromatic rings. The summed E-state index contributed by atoms with van der Waals surface area (Å²) in [6.45, 7) is 2.98. The van der Waals surface area contributed by atoms with Crippen LogP contribution in [0.1, 0.15) is 12.8 Å². The van der Waals surface area contributed by atoms with Gasteiger partial charge in [-0.3, -0.25) is 0 Å². The fourth-order valence-corrected chi connectivity index (χ4v) is 2.01. The van der Waals surface area contributed by atoms with E-state index in [1.807, 2.05) is 24.3 Å². The maximum Gasteiger partial charge on any atom is 0.161 e. The van der Waals surface area contributed by atoms with E-state index in [2.05, 4.69) is 5.32 Å². The summed E-state index contributed by atoms with van der Waals surface area (Å²) < 4.78 is 11.0. The molecule has 0 bridgehead atoms. The lowest BCUT2D eigenvalue weighted by Gasteiger charge is -2.23. The van der Waals surface area contributed by atoms with Crippen LogP contribution in [0.3, 0.4) is 0 Å². The van der Waals surface area contributed by atoms with Gasteiger partial charge in [0, 0.05) is 12.5 Å². The van der Waals surface area contributed by atoms with Crippen LogP contribution >= 0.6 is 0 Å². The predicted octanol–water partition coefficient (Wildman–Crippen LogP) is 2.07. The van der Waals surface area contributed by atoms with Gasteiger partial charge in [0.2, 0.25) is 0 Å². The van der Waals surface area contributed by atoms with Crippen LogP contribution in [0.2, 0.25) is 0 Å². The number of methoxy groups -OCH3 is 1. The molecule has 3 heteroatoms. The molecule has 1 saturated heterocycles. The summed E-state index contributed by atoms with van der Waals surface area (Å²) >= 11 is 0. The topological polar surface area (TPSA) is 30.5 Å². The van der Waals surface area contributed by atoms with E-state index in [0.717, 1.165) is 31.2 Å². The fraction of sp³-hybridized carbons (Fsp3) is 0.538. The number of piperidine rings is 1. The van der Waals surface area contributed by atoms with Gasteiger partial charge in [-0.25, -0.2) is 0 Å². The van der Waals surface area contributed by atoms with Crippen molar-refractivity contribution in [3.8, 4) is 11.5 Å². The van der Waals surface area contributed by atoms with Gasteiger partial charge < -0.3 is 14.8 Å². The van der Waals surface area contributed by atoms with Crippen LogP contribution in [-0.4, -0.2) is 26.8 Å². The zero-order chi connectivity index (χ0) is 11.2. The number of para-hydroxylation sites is 2. The van der Waals surface area contributed by atoms with Gasteiger partial charge in [0.25, 0.3) is 0 Å². The average molecular weight is 221 g/mol. The molecule has 1 aliphatic heterocycles. The lowest BCUT2D eigenvalue weighted by atomic mass is 10.0. The number of hydrogen-bond acceptors (Lipinski definition) is 3. The van der Waals surface area contributed by atoms with Crippen molar-refractivity contribution in [1.29, 1.82) is 0 Å². The second-order valence-corrected chi connectivity index (χ2v) is 4.17. The third-order valence-electron chi connectivity index (χ3n) is 2.94. The first-order valence-corrected chi connectivity index (χ1v) is 5.86. The normalized spacial score (nSPS) is 20.4. The largest absolute Gasteiger partial charge is 0.493 e. The highest BCUT2D eigenvalue weighted by atomic mass is 16.5. The van der Waals surface area contributed by atoms with Crippen molar-refractivity contribution < 1.29 is 9.47 Å². The Morgan fingerprint density at radius 2 is 2.12 bits per heavy atom. The maximum absolute atomic E-state index is 5.80. The molecule has 0 aromatic heterocycles. The Kier molecular flexibility index (Phi) is 4.05. The van der Waals surface area contributed by atoms with Gasteiger partial charge in [0.15, 0.2) is 11.5 Å². The first-order valence-electron chi connectivity index (χ1n) is 5.86. The SMILES string of the molecule is COc1ccccc1OC[C@H]1CCCNC1. The third kappa shape index (κ3) is 2.89. The second-order valence-electron chi connectivity index (χ2n) is 4.17. The Morgan fingerprint density at radius 1 is 1.31 bits per heavy atom. The standard InChI is InChI=1S/C13H19NO2/c1-15-12-6-2-3-7-13(12)16-10-11-5-4-8-14-9-11/h2-3,6-7,11,14H,4-5,8-10H2,1H3/t11-/m0/s1. The molecular weight excluding hydrogens is 202 g/mol. The number of benzene rings is 1. The Labute approximate surface area is 96.8 Å². The van der Waals surface area contributed by atoms with Crippen molar-refractivity contribution in [2.75, 3.05) is 26.8 Å². The zero-order valence-electron chi connectivity index (χ0n) is 9.74. The molecule has 0 amide bonds. The van der Waals surface area contributed by atoms with Crippen LogP contribution in [0.15, 0.2) is 24.3 Å². The van der Waals surface area contributed by atoms with E-state index < -0.39 is 0 Å². The van der Waals surface area contributed by atoms with E-state index in [-0.39, 0.29) is 0 Å². The number of ether oxygens (including phenoxy) is 2. The third-order valence-corrected chi connectivity index (χ3v) is 2.94. The van der Waals surface area contributed by atoms with Crippen molar-refractivity contribution in [3.63, 3.8) is 0 Å². The Bertz CT molecular complexity index is 321. The van der Waals surface area contributed by atoms with Gasteiger partial charge in [-0.1, -0.05) is 12.1 Å². The molecule has 0 aliphatic carbocycles. The van der Waals surface area contributed by atoms with E-state index in [0.29, 0.717) is 5.92 Å². The van der Waals surface area contributed by atoms with Crippen molar-refractivity contribution in [2.24, 2.45) is 5.92 Å². The summed E-state index contributed by atoms with van der Waals surface area (Å²) in [5, 5.41) is 3.39. The Hall–Kier alpha value is -1.22. The lowest BCUT2D eigenvalue weighted by Crippen LogP contribution is -2.33. The molecule has 88 valence electrons. The van der Waals surface area contributed by atoms with Gasteiger partial charge in [0.1, 0.15) is 0 Å². The minimum Gasteiger partial charge on any atom is -0.493 e. The van der Waals surface area contributed by atoms with Crippen LogP contribution < -0.4 is 14.8 Å². The van der Waals surface area contributed by atoms with Crippen molar-refractivity contribution in [2.45, 2.75) is 12.8 Å². The van der Waals surface area contributed by atoms with Gasteiger partial charge in [-0.05, 0) is 31.5 Å². The zero-order valence-corrected chi connectivity index (χ0v) is 9.74. The highest BCUT2D eigenvalue weighted by molar-refractivity contribution is 5.39. The molecule has 16 heavy (non-hydrogen) atoms. The highest BCUT2D eigenvalue weighted by Crippen LogP contribution is 2.26. The van der Waals surface area contributed by atoms with Crippen LogP contribution in [-0.2, 0) is 0 Å². The van der Waals surface area contributed by atoms with Crippen molar-refractivity contribution >= 4 is 0 Å². The molecule has 0 spiro atoms. The number of hydrogen-bond donors (Lipinski definition) is 1. The van der Waals surface area contributed by atoms with Crippen LogP contribution in [0, 0.1) is 5.92 Å². The van der Waals surface area contributed by atoms with E-state index in [9.17, 15) is 0 Å². The summed E-state index contributed by atoms with van der Waals surface area (Å²) in [4.78, 5) is 0. The van der Waals surface area contributed by atoms with Crippen LogP contribution in [0.5, 0.6) is 11.5 Å². The summed E-state index contributed by atoms with van der Waals surface area (Å²) in [6, 6.07) is 7.80. The molecule has 1 fully saturated rings. The molecule has 2 rings (SSSR count). The minimum atomic E-state index is 0.624. The molecule has 1 aromatic carbocycles. The number of rotatable bonds is 4. The Balaban J connectivity index is 1.88. The van der Waals surface area contributed by atoms with E-state index in [4.69, 9.17) is 9.47 Å². The predicted molar refractivity (Wildman–Crippen MR) is 64.1 cm³/mol. The molecule has 1 aliphatic rings. The molecular formula is C13H19NO2. The van der Waals surface area contributed by atoms with Gasteiger partial charge in [-0.2, -0.15) is 0 Å². The quantitative estimate of drug-likeness (QED) is 0.844. The van der Waals surface area contributed by atoms with Gasteiger partial charge >= 0.3 is 0 Å². The smallest absolute Gasteiger partial charge is 0.161 e. The highest BCUT2D eigenvalue weighted by Gasteiger charge is 2.14. The molecule has 3 nitrogen and oxygen atoms in total. The molecule has 0 radical (unpaired) electrons. The van der Waals surface area contributed by atoms with E-state index in [1.54, 1.807) is 7.11 Å². The average Bonchev–Trinajstić information content (AvgIpc) is 2.38. The number of nitrogens with one attached hydrogen (secondary N) is 1. The van der Waals surface area contributed by atoms with Gasteiger partial charge in [0.05, 0.1) is 13.7 Å². The van der Waals surface area contributed by atoms with Crippen molar-refractivity contribution in [1.82, 2.24) is 5.32 Å². The molecule has 1 N–H and O–H groups in total. The Morgan fingerprint density at radius 3 is 2.81 bits per heavy atom. The first-order chi connectivity index (χ1) is 7.90. The summed E-state index contributed by atoms with van der Waals surface area (Å²) in [6.07, 6.45) is 2.50. The van der Waals surface area contributed by atoms with Crippen LogP contribution in [0.25, 0.3) is 0 Å². The van der Waals surface area contributed by atoms with Gasteiger partial charge in [-0.15, -0.1) is 0 Å². The van der Waals surface area contributed by atoms with E-state index >= 15 is 0 Å². The monoisotopic (exact) mass is 221 g/mol. The molecule has 0 saturated carbocycles. The summed E-state index contributed by atoms with van der Waals surface area (Å²) in [5.41, 5.74) is 0. The molecule has 1 heterocycles. The van der Waals surface area contributed by atoms with E-state index in [1.165, 1.54) is 12.8 Å². The summed E-state index contributed by atoms with van der Waals surface area (Å²) in [7, 11) is 1.67. The minimum absolute atomic E-state index is 0.624. The van der Waals surface area contributed by atoms with Crippen LogP contribution in [0.4, 0.5) is 0 Å². The maximum atomic E-state index is 5.80. The second kappa shape index (κ2) is 5.75. The van der Waals surface area contributed by atoms with Crippen molar-refractivity contribution in [3.05, 3.63) is 24.3 Å². The molecule has 1 atom stereocenters.